The molecule has 0 radical (unpaired) electrons. The van der Waals surface area contributed by atoms with E-state index in [4.69, 9.17) is 9.47 Å². The lowest BCUT2D eigenvalue weighted by atomic mass is 9.94. The fourth-order valence-corrected chi connectivity index (χ4v) is 2.14. The summed E-state index contributed by atoms with van der Waals surface area (Å²) in [6.07, 6.45) is 0.879. The Balaban J connectivity index is 2.12. The first kappa shape index (κ1) is 11.4. The van der Waals surface area contributed by atoms with Gasteiger partial charge in [-0.3, -0.25) is 0 Å². The number of hydrogen-bond donors (Lipinski definition) is 1. The maximum absolute atomic E-state index is 5.85. The summed E-state index contributed by atoms with van der Waals surface area (Å²) in [6, 6.07) is 8.12. The fraction of sp³-hybridized carbons (Fsp3) is 0.538. The third-order valence-electron chi connectivity index (χ3n) is 2.99. The van der Waals surface area contributed by atoms with Crippen LogP contribution in [0.2, 0.25) is 0 Å². The summed E-state index contributed by atoms with van der Waals surface area (Å²) in [5, 5.41) is 3.37. The van der Waals surface area contributed by atoms with Gasteiger partial charge in [-0.05, 0) is 18.6 Å². The molecular weight excluding hydrogens is 202 g/mol. The zero-order valence-electron chi connectivity index (χ0n) is 9.95. The van der Waals surface area contributed by atoms with Crippen molar-refractivity contribution < 1.29 is 9.47 Å². The van der Waals surface area contributed by atoms with E-state index >= 15 is 0 Å². The molecule has 1 aliphatic rings. The molecule has 1 aromatic rings. The first-order valence-corrected chi connectivity index (χ1v) is 5.70. The number of para-hydroxylation sites is 1. The highest BCUT2D eigenvalue weighted by atomic mass is 16.5. The van der Waals surface area contributed by atoms with Gasteiger partial charge in [-0.1, -0.05) is 18.2 Å². The van der Waals surface area contributed by atoms with Crippen LogP contribution < -0.4 is 10.1 Å². The van der Waals surface area contributed by atoms with Gasteiger partial charge >= 0.3 is 0 Å². The predicted molar refractivity (Wildman–Crippen MR) is 63.9 cm³/mol. The van der Waals surface area contributed by atoms with Crippen molar-refractivity contribution in [2.24, 2.45) is 0 Å². The van der Waals surface area contributed by atoms with Gasteiger partial charge in [0, 0.05) is 19.5 Å². The minimum absolute atomic E-state index is 0.118. The van der Waals surface area contributed by atoms with Gasteiger partial charge in [0.1, 0.15) is 5.75 Å². The Kier molecular flexibility index (Phi) is 3.46. The van der Waals surface area contributed by atoms with Crippen molar-refractivity contribution in [3.63, 3.8) is 0 Å². The molecule has 88 valence electrons. The van der Waals surface area contributed by atoms with E-state index in [1.54, 1.807) is 7.11 Å². The Hall–Kier alpha value is -1.06. The highest BCUT2D eigenvalue weighted by Gasteiger charge is 2.28. The Morgan fingerprint density at radius 2 is 2.25 bits per heavy atom. The molecular formula is C13H19NO2. The summed E-state index contributed by atoms with van der Waals surface area (Å²) in [5.74, 6) is 0.942. The Morgan fingerprint density at radius 1 is 1.44 bits per heavy atom. The predicted octanol–water partition coefficient (Wildman–Crippen LogP) is 1.62. The second kappa shape index (κ2) is 4.85. The molecule has 1 saturated heterocycles. The van der Waals surface area contributed by atoms with Gasteiger partial charge in [-0.2, -0.15) is 0 Å². The maximum Gasteiger partial charge on any atom is 0.122 e. The van der Waals surface area contributed by atoms with Crippen molar-refractivity contribution in [3.05, 3.63) is 29.8 Å². The molecule has 1 aromatic carbocycles. The lowest BCUT2D eigenvalue weighted by molar-refractivity contribution is -0.0519. The molecule has 3 nitrogen and oxygen atoms in total. The van der Waals surface area contributed by atoms with E-state index in [9.17, 15) is 0 Å². The van der Waals surface area contributed by atoms with Gasteiger partial charge in [0.25, 0.3) is 0 Å². The van der Waals surface area contributed by atoms with Crippen molar-refractivity contribution in [2.45, 2.75) is 18.9 Å². The zero-order chi connectivity index (χ0) is 11.4. The molecule has 1 atom stereocenters. The number of methoxy groups -OCH3 is 1. The molecule has 0 aromatic heterocycles. The highest BCUT2D eigenvalue weighted by Crippen LogP contribution is 2.25. The van der Waals surface area contributed by atoms with E-state index < -0.39 is 0 Å². The smallest absolute Gasteiger partial charge is 0.122 e. The Morgan fingerprint density at radius 3 is 2.94 bits per heavy atom. The van der Waals surface area contributed by atoms with Crippen LogP contribution in [0.15, 0.2) is 24.3 Å². The zero-order valence-corrected chi connectivity index (χ0v) is 9.95. The number of morpholine rings is 1. The molecule has 0 aliphatic carbocycles. The van der Waals surface area contributed by atoms with Crippen LogP contribution in [0.4, 0.5) is 0 Å². The van der Waals surface area contributed by atoms with Gasteiger partial charge in [0.2, 0.25) is 0 Å². The van der Waals surface area contributed by atoms with Crippen LogP contribution in [0.25, 0.3) is 0 Å². The van der Waals surface area contributed by atoms with E-state index in [0.717, 1.165) is 31.9 Å². The summed E-state index contributed by atoms with van der Waals surface area (Å²) in [5.41, 5.74) is 1.09. The lowest BCUT2D eigenvalue weighted by Crippen LogP contribution is -2.49. The molecule has 2 rings (SSSR count). The van der Waals surface area contributed by atoms with E-state index in [2.05, 4.69) is 18.3 Å². The third kappa shape index (κ3) is 2.54. The monoisotopic (exact) mass is 221 g/mol. The van der Waals surface area contributed by atoms with E-state index in [0.29, 0.717) is 0 Å². The number of ether oxygens (including phenoxy) is 2. The molecule has 0 bridgehead atoms. The first-order valence-electron chi connectivity index (χ1n) is 5.70. The molecule has 0 amide bonds. The summed E-state index contributed by atoms with van der Waals surface area (Å²) in [4.78, 5) is 0. The average molecular weight is 221 g/mol. The molecule has 1 aliphatic heterocycles. The van der Waals surface area contributed by atoms with Gasteiger partial charge in [-0.15, -0.1) is 0 Å². The van der Waals surface area contributed by atoms with Crippen molar-refractivity contribution in [2.75, 3.05) is 26.8 Å². The van der Waals surface area contributed by atoms with Gasteiger partial charge in [0.15, 0.2) is 0 Å². The van der Waals surface area contributed by atoms with Gasteiger partial charge in [0.05, 0.1) is 19.3 Å². The number of nitrogens with one attached hydrogen (secondary N) is 1. The molecule has 1 heterocycles. The maximum atomic E-state index is 5.85. The summed E-state index contributed by atoms with van der Waals surface area (Å²) in [7, 11) is 1.71. The molecule has 0 saturated carbocycles. The highest BCUT2D eigenvalue weighted by molar-refractivity contribution is 5.34. The Bertz CT molecular complexity index is 346. The summed E-state index contributed by atoms with van der Waals surface area (Å²) < 4.78 is 11.2. The SMILES string of the molecule is COc1ccccc1CC1(C)CNCCO1. The average Bonchev–Trinajstić information content (AvgIpc) is 2.30. The van der Waals surface area contributed by atoms with Crippen LogP contribution >= 0.6 is 0 Å². The third-order valence-corrected chi connectivity index (χ3v) is 2.99. The van der Waals surface area contributed by atoms with Crippen molar-refractivity contribution in [3.8, 4) is 5.75 Å². The quantitative estimate of drug-likeness (QED) is 0.841. The number of rotatable bonds is 3. The minimum Gasteiger partial charge on any atom is -0.496 e. The van der Waals surface area contributed by atoms with Crippen molar-refractivity contribution >= 4 is 0 Å². The van der Waals surface area contributed by atoms with Crippen molar-refractivity contribution in [1.82, 2.24) is 5.32 Å². The van der Waals surface area contributed by atoms with Gasteiger partial charge in [-0.25, -0.2) is 0 Å². The largest absolute Gasteiger partial charge is 0.496 e. The van der Waals surface area contributed by atoms with E-state index in [1.165, 1.54) is 5.56 Å². The number of benzene rings is 1. The van der Waals surface area contributed by atoms with Crippen LogP contribution in [0, 0.1) is 0 Å². The van der Waals surface area contributed by atoms with E-state index in [1.807, 2.05) is 18.2 Å². The van der Waals surface area contributed by atoms with Crippen LogP contribution in [-0.2, 0) is 11.2 Å². The second-order valence-corrected chi connectivity index (χ2v) is 4.46. The topological polar surface area (TPSA) is 30.5 Å². The molecule has 3 heteroatoms. The molecule has 16 heavy (non-hydrogen) atoms. The van der Waals surface area contributed by atoms with Crippen molar-refractivity contribution in [1.29, 1.82) is 0 Å². The lowest BCUT2D eigenvalue weighted by Gasteiger charge is -2.34. The normalized spacial score (nSPS) is 25.4. The van der Waals surface area contributed by atoms with Crippen LogP contribution in [0.5, 0.6) is 5.75 Å². The number of hydrogen-bond acceptors (Lipinski definition) is 3. The molecule has 1 N–H and O–H groups in total. The minimum atomic E-state index is -0.118. The first-order chi connectivity index (χ1) is 7.73. The summed E-state index contributed by atoms with van der Waals surface area (Å²) in [6.45, 7) is 4.77. The van der Waals surface area contributed by atoms with Crippen LogP contribution in [0.3, 0.4) is 0 Å². The Labute approximate surface area is 96.8 Å². The summed E-state index contributed by atoms with van der Waals surface area (Å²) >= 11 is 0. The molecule has 1 fully saturated rings. The molecule has 1 unspecified atom stereocenters. The van der Waals surface area contributed by atoms with E-state index in [-0.39, 0.29) is 5.60 Å². The fourth-order valence-electron chi connectivity index (χ4n) is 2.14. The van der Waals surface area contributed by atoms with Crippen LogP contribution in [0.1, 0.15) is 12.5 Å². The van der Waals surface area contributed by atoms with Gasteiger partial charge < -0.3 is 14.8 Å². The second-order valence-electron chi connectivity index (χ2n) is 4.46. The molecule has 0 spiro atoms. The standard InChI is InChI=1S/C13H19NO2/c1-13(10-14-7-8-16-13)9-11-5-3-4-6-12(11)15-2/h3-6,14H,7-10H2,1-2H3. The van der Waals surface area contributed by atoms with Crippen LogP contribution in [-0.4, -0.2) is 32.4 Å².